The van der Waals surface area contributed by atoms with Gasteiger partial charge in [0, 0.05) is 43.4 Å². The molecule has 1 amide bonds. The van der Waals surface area contributed by atoms with Crippen LogP contribution in [-0.2, 0) is 6.54 Å². The first-order chi connectivity index (χ1) is 12.1. The van der Waals surface area contributed by atoms with Crippen molar-refractivity contribution in [1.82, 2.24) is 10.2 Å². The predicted molar refractivity (Wildman–Crippen MR) is 95.3 cm³/mol. The number of hydrogen-bond donors (Lipinski definition) is 1. The molecule has 0 unspecified atom stereocenters. The molecule has 0 bridgehead atoms. The zero-order valence-electron chi connectivity index (χ0n) is 13.9. The van der Waals surface area contributed by atoms with E-state index in [2.05, 4.69) is 22.3 Å². The Balaban J connectivity index is 1.51. The van der Waals surface area contributed by atoms with Crippen molar-refractivity contribution in [2.75, 3.05) is 13.1 Å². The Morgan fingerprint density at radius 3 is 2.52 bits per heavy atom. The minimum absolute atomic E-state index is 0.0645. The Hall–Kier alpha value is -2.73. The summed E-state index contributed by atoms with van der Waals surface area (Å²) in [5.41, 5.74) is 1.56. The van der Waals surface area contributed by atoms with Crippen molar-refractivity contribution < 1.29 is 9.72 Å². The van der Waals surface area contributed by atoms with Gasteiger partial charge in [-0.25, -0.2) is 0 Å². The summed E-state index contributed by atoms with van der Waals surface area (Å²) >= 11 is 0. The highest BCUT2D eigenvalue weighted by Crippen LogP contribution is 2.16. The molecule has 0 saturated carbocycles. The topological polar surface area (TPSA) is 75.5 Å². The molecule has 2 aromatic rings. The maximum atomic E-state index is 12.3. The Bertz CT molecular complexity index is 741. The fourth-order valence-corrected chi connectivity index (χ4v) is 3.11. The summed E-state index contributed by atoms with van der Waals surface area (Å²) in [5, 5.41) is 13.8. The Morgan fingerprint density at radius 1 is 1.12 bits per heavy atom. The lowest BCUT2D eigenvalue weighted by molar-refractivity contribution is -0.384. The first-order valence-electron chi connectivity index (χ1n) is 8.43. The maximum absolute atomic E-state index is 12.3. The lowest BCUT2D eigenvalue weighted by Crippen LogP contribution is -2.44. The van der Waals surface area contributed by atoms with Gasteiger partial charge in [-0.15, -0.1) is 0 Å². The summed E-state index contributed by atoms with van der Waals surface area (Å²) in [6, 6.07) is 16.3. The van der Waals surface area contributed by atoms with Crippen molar-refractivity contribution >= 4 is 11.6 Å². The number of hydrogen-bond acceptors (Lipinski definition) is 4. The van der Waals surface area contributed by atoms with Gasteiger partial charge >= 0.3 is 0 Å². The van der Waals surface area contributed by atoms with Crippen molar-refractivity contribution in [3.63, 3.8) is 0 Å². The zero-order valence-corrected chi connectivity index (χ0v) is 13.9. The quantitative estimate of drug-likeness (QED) is 0.671. The van der Waals surface area contributed by atoms with Crippen molar-refractivity contribution in [2.45, 2.75) is 25.4 Å². The minimum atomic E-state index is -0.487. The number of nitro groups is 1. The maximum Gasteiger partial charge on any atom is 0.270 e. The average molecular weight is 339 g/mol. The van der Waals surface area contributed by atoms with Crippen LogP contribution >= 0.6 is 0 Å². The zero-order chi connectivity index (χ0) is 17.6. The van der Waals surface area contributed by atoms with Gasteiger partial charge in [-0.05, 0) is 24.5 Å². The molecule has 6 heteroatoms. The van der Waals surface area contributed by atoms with Crippen LogP contribution in [0.3, 0.4) is 0 Å². The summed E-state index contributed by atoms with van der Waals surface area (Å²) in [5.74, 6) is -0.245. The lowest BCUT2D eigenvalue weighted by Gasteiger charge is -2.32. The van der Waals surface area contributed by atoms with Gasteiger partial charge in [0.2, 0.25) is 0 Å². The third kappa shape index (κ3) is 4.64. The fourth-order valence-electron chi connectivity index (χ4n) is 3.11. The summed E-state index contributed by atoms with van der Waals surface area (Å²) < 4.78 is 0. The number of benzene rings is 2. The molecule has 3 rings (SSSR count). The van der Waals surface area contributed by atoms with Gasteiger partial charge in [0.1, 0.15) is 0 Å². The van der Waals surface area contributed by atoms with Crippen LogP contribution in [0.25, 0.3) is 0 Å². The number of rotatable bonds is 5. The molecule has 0 atom stereocenters. The molecule has 0 aromatic heterocycles. The van der Waals surface area contributed by atoms with E-state index in [1.165, 1.54) is 23.8 Å². The van der Waals surface area contributed by atoms with E-state index < -0.39 is 4.92 Å². The second-order valence-corrected chi connectivity index (χ2v) is 6.32. The second-order valence-electron chi connectivity index (χ2n) is 6.32. The van der Waals surface area contributed by atoms with Crippen LogP contribution in [0.1, 0.15) is 28.8 Å². The number of carbonyl (C=O) groups excluding carboxylic acids is 1. The number of amides is 1. The van der Waals surface area contributed by atoms with Gasteiger partial charge in [0.25, 0.3) is 11.6 Å². The smallest absolute Gasteiger partial charge is 0.270 e. The fraction of sp³-hybridized carbons (Fsp3) is 0.316. The molecule has 2 aromatic carbocycles. The van der Waals surface area contributed by atoms with Crippen molar-refractivity contribution in [1.29, 1.82) is 0 Å². The van der Waals surface area contributed by atoms with Gasteiger partial charge in [-0.3, -0.25) is 19.8 Å². The molecular weight excluding hydrogens is 318 g/mol. The number of nitrogens with zero attached hydrogens (tertiary/aromatic N) is 2. The first-order valence-corrected chi connectivity index (χ1v) is 8.43. The molecule has 130 valence electrons. The number of nitrogens with one attached hydrogen (secondary N) is 1. The van der Waals surface area contributed by atoms with Gasteiger partial charge < -0.3 is 5.32 Å². The number of carbonyl (C=O) groups is 1. The molecule has 1 aliphatic rings. The van der Waals surface area contributed by atoms with E-state index in [4.69, 9.17) is 0 Å². The third-order valence-corrected chi connectivity index (χ3v) is 4.49. The minimum Gasteiger partial charge on any atom is -0.349 e. The van der Waals surface area contributed by atoms with E-state index in [1.54, 1.807) is 6.07 Å². The molecule has 1 aliphatic heterocycles. The van der Waals surface area contributed by atoms with Crippen LogP contribution in [-0.4, -0.2) is 34.9 Å². The summed E-state index contributed by atoms with van der Waals surface area (Å²) in [4.78, 5) is 25.0. The highest BCUT2D eigenvalue weighted by Gasteiger charge is 2.21. The largest absolute Gasteiger partial charge is 0.349 e. The van der Waals surface area contributed by atoms with E-state index in [1.807, 2.05) is 18.2 Å². The van der Waals surface area contributed by atoms with Crippen molar-refractivity contribution in [3.8, 4) is 0 Å². The van der Waals surface area contributed by atoms with Crippen LogP contribution in [0.15, 0.2) is 54.6 Å². The molecule has 6 nitrogen and oxygen atoms in total. The standard InChI is InChI=1S/C19H21N3O3/c23-19(16-7-4-8-18(13-16)22(24)25)20-17-9-11-21(12-10-17)14-15-5-2-1-3-6-15/h1-8,13,17H,9-12,14H2,(H,20,23). The third-order valence-electron chi connectivity index (χ3n) is 4.49. The first kappa shape index (κ1) is 17.1. The molecule has 0 spiro atoms. The molecule has 1 N–H and O–H groups in total. The van der Waals surface area contributed by atoms with Crippen LogP contribution in [0.2, 0.25) is 0 Å². The van der Waals surface area contributed by atoms with E-state index in [9.17, 15) is 14.9 Å². The van der Waals surface area contributed by atoms with E-state index in [0.29, 0.717) is 5.56 Å². The molecular formula is C19H21N3O3. The number of non-ortho nitro benzene ring substituents is 1. The van der Waals surface area contributed by atoms with Gasteiger partial charge in [0.05, 0.1) is 4.92 Å². The normalized spacial score (nSPS) is 15.7. The molecule has 25 heavy (non-hydrogen) atoms. The highest BCUT2D eigenvalue weighted by molar-refractivity contribution is 5.95. The molecule has 0 aliphatic carbocycles. The van der Waals surface area contributed by atoms with Gasteiger partial charge in [-0.1, -0.05) is 36.4 Å². The van der Waals surface area contributed by atoms with Gasteiger partial charge in [-0.2, -0.15) is 0 Å². The summed E-state index contributed by atoms with van der Waals surface area (Å²) in [6.45, 7) is 2.77. The highest BCUT2D eigenvalue weighted by atomic mass is 16.6. The van der Waals surface area contributed by atoms with Crippen molar-refractivity contribution in [3.05, 3.63) is 75.8 Å². The van der Waals surface area contributed by atoms with Crippen LogP contribution in [0.5, 0.6) is 0 Å². The Morgan fingerprint density at radius 2 is 1.84 bits per heavy atom. The summed E-state index contributed by atoms with van der Waals surface area (Å²) in [6.07, 6.45) is 1.76. The van der Waals surface area contributed by atoms with E-state index in [0.717, 1.165) is 32.5 Å². The monoisotopic (exact) mass is 339 g/mol. The SMILES string of the molecule is O=C(NC1CCN(Cc2ccccc2)CC1)c1cccc([N+](=O)[O-])c1. The van der Waals surface area contributed by atoms with Gasteiger partial charge in [0.15, 0.2) is 0 Å². The average Bonchev–Trinajstić information content (AvgIpc) is 2.64. The Labute approximate surface area is 146 Å². The van der Waals surface area contributed by atoms with Crippen LogP contribution < -0.4 is 5.32 Å². The molecule has 1 fully saturated rings. The molecule has 0 radical (unpaired) electrons. The predicted octanol–water partition coefficient (Wildman–Crippen LogP) is 2.99. The van der Waals surface area contributed by atoms with Crippen LogP contribution in [0, 0.1) is 10.1 Å². The van der Waals surface area contributed by atoms with E-state index in [-0.39, 0.29) is 17.6 Å². The van der Waals surface area contributed by atoms with Crippen LogP contribution in [0.4, 0.5) is 5.69 Å². The molecule has 1 saturated heterocycles. The van der Waals surface area contributed by atoms with E-state index >= 15 is 0 Å². The molecule has 1 heterocycles. The number of nitro benzene ring substituents is 1. The Kier molecular flexibility index (Phi) is 5.40. The number of piperidine rings is 1. The summed E-state index contributed by atoms with van der Waals surface area (Å²) in [7, 11) is 0. The second kappa shape index (κ2) is 7.90. The number of likely N-dealkylation sites (tertiary alicyclic amines) is 1. The van der Waals surface area contributed by atoms with Crippen molar-refractivity contribution in [2.24, 2.45) is 0 Å². The lowest BCUT2D eigenvalue weighted by atomic mass is 10.0.